The molecular formula is C17H28N2O. The van der Waals surface area contributed by atoms with Crippen molar-refractivity contribution in [2.24, 2.45) is 5.73 Å². The van der Waals surface area contributed by atoms with Gasteiger partial charge < -0.3 is 10.5 Å². The van der Waals surface area contributed by atoms with Gasteiger partial charge in [0.15, 0.2) is 0 Å². The SMILES string of the molecule is COCCN(C1CC1)C(CN)c1c(C)cc(C)cc1C. The Morgan fingerprint density at radius 2 is 1.85 bits per heavy atom. The molecule has 2 N–H and O–H groups in total. The van der Waals surface area contributed by atoms with E-state index in [0.717, 1.165) is 13.2 Å². The maximum atomic E-state index is 6.14. The third-order valence-corrected chi connectivity index (χ3v) is 4.26. The molecule has 3 nitrogen and oxygen atoms in total. The van der Waals surface area contributed by atoms with Gasteiger partial charge in [0, 0.05) is 32.3 Å². The van der Waals surface area contributed by atoms with Crippen molar-refractivity contribution in [2.75, 3.05) is 26.8 Å². The van der Waals surface area contributed by atoms with Crippen molar-refractivity contribution in [3.8, 4) is 0 Å². The molecule has 20 heavy (non-hydrogen) atoms. The van der Waals surface area contributed by atoms with Gasteiger partial charge in [-0.25, -0.2) is 0 Å². The van der Waals surface area contributed by atoms with E-state index in [1.165, 1.54) is 35.1 Å². The first-order chi connectivity index (χ1) is 9.58. The Labute approximate surface area is 123 Å². The summed E-state index contributed by atoms with van der Waals surface area (Å²) in [5.41, 5.74) is 11.6. The highest BCUT2D eigenvalue weighted by molar-refractivity contribution is 5.40. The zero-order chi connectivity index (χ0) is 14.7. The number of benzene rings is 1. The van der Waals surface area contributed by atoms with Crippen LogP contribution in [0.1, 0.15) is 41.1 Å². The Kier molecular flexibility index (Phi) is 5.19. The molecular weight excluding hydrogens is 248 g/mol. The summed E-state index contributed by atoms with van der Waals surface area (Å²) in [7, 11) is 1.77. The zero-order valence-corrected chi connectivity index (χ0v) is 13.3. The maximum absolute atomic E-state index is 6.14. The predicted molar refractivity (Wildman–Crippen MR) is 84.1 cm³/mol. The van der Waals surface area contributed by atoms with Crippen LogP contribution in [0.4, 0.5) is 0 Å². The number of nitrogens with two attached hydrogens (primary N) is 1. The molecule has 1 unspecified atom stereocenters. The Balaban J connectivity index is 2.30. The van der Waals surface area contributed by atoms with Gasteiger partial charge in [0.2, 0.25) is 0 Å². The summed E-state index contributed by atoms with van der Waals surface area (Å²) in [5, 5.41) is 0. The highest BCUT2D eigenvalue weighted by atomic mass is 16.5. The summed E-state index contributed by atoms with van der Waals surface area (Å²) >= 11 is 0. The van der Waals surface area contributed by atoms with Crippen LogP contribution in [0.3, 0.4) is 0 Å². The van der Waals surface area contributed by atoms with E-state index in [9.17, 15) is 0 Å². The van der Waals surface area contributed by atoms with E-state index in [-0.39, 0.29) is 0 Å². The minimum Gasteiger partial charge on any atom is -0.383 e. The summed E-state index contributed by atoms with van der Waals surface area (Å²) in [6, 6.07) is 5.55. The third kappa shape index (κ3) is 3.40. The van der Waals surface area contributed by atoms with Gasteiger partial charge in [0.05, 0.1) is 6.61 Å². The van der Waals surface area contributed by atoms with Gasteiger partial charge in [-0.05, 0) is 50.3 Å². The molecule has 0 saturated heterocycles. The topological polar surface area (TPSA) is 38.5 Å². The van der Waals surface area contributed by atoms with E-state index in [1.54, 1.807) is 7.11 Å². The highest BCUT2D eigenvalue weighted by Gasteiger charge is 2.34. The number of hydrogen-bond donors (Lipinski definition) is 1. The van der Waals surface area contributed by atoms with Crippen LogP contribution >= 0.6 is 0 Å². The molecule has 1 atom stereocenters. The quantitative estimate of drug-likeness (QED) is 0.832. The first-order valence-electron chi connectivity index (χ1n) is 7.61. The first-order valence-corrected chi connectivity index (χ1v) is 7.61. The number of aryl methyl sites for hydroxylation is 3. The number of nitrogens with zero attached hydrogens (tertiary/aromatic N) is 1. The maximum Gasteiger partial charge on any atom is 0.0590 e. The third-order valence-electron chi connectivity index (χ3n) is 4.26. The Morgan fingerprint density at radius 1 is 1.25 bits per heavy atom. The monoisotopic (exact) mass is 276 g/mol. The van der Waals surface area contributed by atoms with Gasteiger partial charge in [-0.1, -0.05) is 17.7 Å². The molecule has 112 valence electrons. The predicted octanol–water partition coefficient (Wildman–Crippen LogP) is 2.72. The van der Waals surface area contributed by atoms with E-state index in [0.29, 0.717) is 18.6 Å². The molecule has 1 fully saturated rings. The summed E-state index contributed by atoms with van der Waals surface area (Å²) in [6.07, 6.45) is 2.59. The van der Waals surface area contributed by atoms with Crippen LogP contribution in [-0.2, 0) is 4.74 Å². The molecule has 2 rings (SSSR count). The van der Waals surface area contributed by atoms with Crippen LogP contribution in [0.2, 0.25) is 0 Å². The summed E-state index contributed by atoms with van der Waals surface area (Å²) < 4.78 is 5.28. The lowest BCUT2D eigenvalue weighted by Gasteiger charge is -2.33. The normalized spacial score (nSPS) is 16.7. The molecule has 1 aromatic carbocycles. The van der Waals surface area contributed by atoms with E-state index < -0.39 is 0 Å². The van der Waals surface area contributed by atoms with Gasteiger partial charge >= 0.3 is 0 Å². The van der Waals surface area contributed by atoms with E-state index in [1.807, 2.05) is 0 Å². The van der Waals surface area contributed by atoms with Gasteiger partial charge in [-0.15, -0.1) is 0 Å². The number of hydrogen-bond acceptors (Lipinski definition) is 3. The molecule has 0 radical (unpaired) electrons. The fourth-order valence-electron chi connectivity index (χ4n) is 3.33. The van der Waals surface area contributed by atoms with E-state index >= 15 is 0 Å². The molecule has 0 aromatic heterocycles. The highest BCUT2D eigenvalue weighted by Crippen LogP contribution is 2.36. The van der Waals surface area contributed by atoms with Gasteiger partial charge in [-0.3, -0.25) is 4.90 Å². The van der Waals surface area contributed by atoms with Crippen molar-refractivity contribution in [3.05, 3.63) is 34.4 Å². The molecule has 3 heteroatoms. The van der Waals surface area contributed by atoms with Crippen LogP contribution in [0, 0.1) is 20.8 Å². The van der Waals surface area contributed by atoms with E-state index in [4.69, 9.17) is 10.5 Å². The number of methoxy groups -OCH3 is 1. The first kappa shape index (κ1) is 15.5. The summed E-state index contributed by atoms with van der Waals surface area (Å²) in [4.78, 5) is 2.55. The van der Waals surface area contributed by atoms with Crippen molar-refractivity contribution in [1.82, 2.24) is 4.90 Å². The van der Waals surface area contributed by atoms with Gasteiger partial charge in [0.25, 0.3) is 0 Å². The van der Waals surface area contributed by atoms with Crippen LogP contribution in [0.15, 0.2) is 12.1 Å². The molecule has 0 spiro atoms. The molecule has 1 aliphatic carbocycles. The molecule has 1 saturated carbocycles. The second-order valence-electron chi connectivity index (χ2n) is 6.03. The van der Waals surface area contributed by atoms with Crippen molar-refractivity contribution >= 4 is 0 Å². The molecule has 1 aromatic rings. The van der Waals surface area contributed by atoms with Crippen molar-refractivity contribution in [2.45, 2.75) is 45.7 Å². The van der Waals surface area contributed by atoms with Gasteiger partial charge in [0.1, 0.15) is 0 Å². The Morgan fingerprint density at radius 3 is 2.30 bits per heavy atom. The minimum absolute atomic E-state index is 0.318. The largest absolute Gasteiger partial charge is 0.383 e. The standard InChI is InChI=1S/C17H28N2O/c1-12-9-13(2)17(14(3)10-12)16(11-18)19(7-8-20-4)15-5-6-15/h9-10,15-16H,5-8,11,18H2,1-4H3. The van der Waals surface area contributed by atoms with Crippen LogP contribution in [0.25, 0.3) is 0 Å². The van der Waals surface area contributed by atoms with Crippen LogP contribution in [-0.4, -0.2) is 37.7 Å². The van der Waals surface area contributed by atoms with E-state index in [2.05, 4.69) is 37.8 Å². The Hall–Kier alpha value is -0.900. The second-order valence-corrected chi connectivity index (χ2v) is 6.03. The lowest BCUT2D eigenvalue weighted by atomic mass is 9.93. The Bertz CT molecular complexity index is 431. The fourth-order valence-corrected chi connectivity index (χ4v) is 3.33. The molecule has 0 amide bonds. The zero-order valence-electron chi connectivity index (χ0n) is 13.3. The number of ether oxygens (including phenoxy) is 1. The lowest BCUT2D eigenvalue weighted by molar-refractivity contribution is 0.115. The average Bonchev–Trinajstić information content (AvgIpc) is 3.20. The van der Waals surface area contributed by atoms with Crippen molar-refractivity contribution < 1.29 is 4.74 Å². The molecule has 1 aliphatic rings. The smallest absolute Gasteiger partial charge is 0.0590 e. The molecule has 0 bridgehead atoms. The summed E-state index contributed by atoms with van der Waals surface area (Å²) in [6.45, 7) is 8.99. The summed E-state index contributed by atoms with van der Waals surface area (Å²) in [5.74, 6) is 0. The molecule has 0 heterocycles. The molecule has 0 aliphatic heterocycles. The van der Waals surface area contributed by atoms with Crippen molar-refractivity contribution in [3.63, 3.8) is 0 Å². The number of rotatable bonds is 7. The lowest BCUT2D eigenvalue weighted by Crippen LogP contribution is -2.38. The van der Waals surface area contributed by atoms with Crippen LogP contribution < -0.4 is 5.73 Å². The van der Waals surface area contributed by atoms with Crippen molar-refractivity contribution in [1.29, 1.82) is 0 Å². The average molecular weight is 276 g/mol. The second kappa shape index (κ2) is 6.70. The van der Waals surface area contributed by atoms with Gasteiger partial charge in [-0.2, -0.15) is 0 Å². The fraction of sp³-hybridized carbons (Fsp3) is 0.647. The van der Waals surface area contributed by atoms with Crippen LogP contribution in [0.5, 0.6) is 0 Å². The minimum atomic E-state index is 0.318.